The number of para-hydroxylation sites is 1. The fraction of sp³-hybridized carbons (Fsp3) is 0.125. The second kappa shape index (κ2) is 6.26. The molecule has 2 aromatic rings. The fourth-order valence-electron chi connectivity index (χ4n) is 2.13. The van der Waals surface area contributed by atoms with E-state index in [4.69, 9.17) is 4.74 Å². The van der Waals surface area contributed by atoms with Crippen molar-refractivity contribution in [1.29, 1.82) is 0 Å². The highest BCUT2D eigenvalue weighted by Gasteiger charge is 2.18. The Labute approximate surface area is 125 Å². The molecule has 0 aromatic heterocycles. The molecule has 0 aliphatic heterocycles. The highest BCUT2D eigenvalue weighted by molar-refractivity contribution is 5.95. The molecule has 114 valence electrons. The molecule has 0 saturated heterocycles. The van der Waals surface area contributed by atoms with Crippen molar-refractivity contribution in [2.24, 2.45) is 0 Å². The molecule has 1 N–H and O–H groups in total. The summed E-state index contributed by atoms with van der Waals surface area (Å²) < 4.78 is 23.4. The molecule has 0 spiro atoms. The third-order valence-corrected chi connectivity index (χ3v) is 3.08. The van der Waals surface area contributed by atoms with Crippen LogP contribution in [0.2, 0.25) is 0 Å². The number of carbonyl (C=O) groups excluding carboxylic acids is 1. The maximum Gasteiger partial charge on any atom is 0.339 e. The van der Waals surface area contributed by atoms with Crippen molar-refractivity contribution in [2.75, 3.05) is 14.2 Å². The molecule has 0 atom stereocenters. The van der Waals surface area contributed by atoms with Gasteiger partial charge < -0.3 is 14.6 Å². The van der Waals surface area contributed by atoms with Crippen LogP contribution in [0, 0.1) is 5.82 Å². The van der Waals surface area contributed by atoms with Crippen LogP contribution in [-0.4, -0.2) is 31.3 Å². The number of rotatable bonds is 4. The molecule has 2 aromatic carbocycles. The first kappa shape index (κ1) is 15.5. The van der Waals surface area contributed by atoms with E-state index in [9.17, 15) is 19.1 Å². The van der Waals surface area contributed by atoms with Gasteiger partial charge in [-0.15, -0.1) is 0 Å². The van der Waals surface area contributed by atoms with Gasteiger partial charge in [0.05, 0.1) is 19.8 Å². The van der Waals surface area contributed by atoms with E-state index in [1.807, 2.05) is 0 Å². The van der Waals surface area contributed by atoms with Gasteiger partial charge in [-0.2, -0.15) is 0 Å². The Morgan fingerprint density at radius 2 is 1.86 bits per heavy atom. The molecule has 0 radical (unpaired) electrons. The number of carboxylic acid groups (broad SMARTS) is 1. The minimum Gasteiger partial charge on any atom is -0.495 e. The van der Waals surface area contributed by atoms with Gasteiger partial charge in [0.15, 0.2) is 0 Å². The standard InChI is InChI=1S/C16H13FO5/c1-21-14-12(4-3-5-13(14)15(18)19)9-6-10(16(20)22-2)8-11(17)7-9/h3-8H,1-2H3,(H,18,19). The summed E-state index contributed by atoms with van der Waals surface area (Å²) in [6.45, 7) is 0. The lowest BCUT2D eigenvalue weighted by Crippen LogP contribution is -2.04. The van der Waals surface area contributed by atoms with Gasteiger partial charge in [0.1, 0.15) is 17.1 Å². The van der Waals surface area contributed by atoms with E-state index >= 15 is 0 Å². The first-order valence-corrected chi connectivity index (χ1v) is 6.27. The third kappa shape index (κ3) is 2.90. The van der Waals surface area contributed by atoms with Crippen LogP contribution in [0.3, 0.4) is 0 Å². The smallest absolute Gasteiger partial charge is 0.339 e. The van der Waals surface area contributed by atoms with Crippen molar-refractivity contribution in [3.05, 3.63) is 53.3 Å². The van der Waals surface area contributed by atoms with Gasteiger partial charge in [-0.3, -0.25) is 0 Å². The number of esters is 1. The first-order valence-electron chi connectivity index (χ1n) is 6.27. The SMILES string of the molecule is COC(=O)c1cc(F)cc(-c2cccc(C(=O)O)c2OC)c1. The van der Waals surface area contributed by atoms with Crippen LogP contribution in [0.1, 0.15) is 20.7 Å². The van der Waals surface area contributed by atoms with Crippen molar-refractivity contribution < 1.29 is 28.6 Å². The average Bonchev–Trinajstić information content (AvgIpc) is 2.52. The number of methoxy groups -OCH3 is 2. The molecule has 0 unspecified atom stereocenters. The van der Waals surface area contributed by atoms with Gasteiger partial charge >= 0.3 is 11.9 Å². The fourth-order valence-corrected chi connectivity index (χ4v) is 2.13. The predicted octanol–water partition coefficient (Wildman–Crippen LogP) is 2.99. The van der Waals surface area contributed by atoms with Crippen molar-refractivity contribution in [3.8, 4) is 16.9 Å². The van der Waals surface area contributed by atoms with Gasteiger partial charge in [0, 0.05) is 5.56 Å². The second-order valence-corrected chi connectivity index (χ2v) is 4.41. The van der Waals surface area contributed by atoms with Crippen molar-refractivity contribution in [3.63, 3.8) is 0 Å². The average molecular weight is 304 g/mol. The summed E-state index contributed by atoms with van der Waals surface area (Å²) in [6.07, 6.45) is 0. The van der Waals surface area contributed by atoms with E-state index in [-0.39, 0.29) is 16.9 Å². The Hall–Kier alpha value is -2.89. The Morgan fingerprint density at radius 3 is 2.45 bits per heavy atom. The highest BCUT2D eigenvalue weighted by Crippen LogP contribution is 2.34. The number of hydrogen-bond donors (Lipinski definition) is 1. The second-order valence-electron chi connectivity index (χ2n) is 4.41. The Bertz CT molecular complexity index is 739. The Balaban J connectivity index is 2.66. The highest BCUT2D eigenvalue weighted by atomic mass is 19.1. The summed E-state index contributed by atoms with van der Waals surface area (Å²) >= 11 is 0. The lowest BCUT2D eigenvalue weighted by atomic mass is 9.99. The number of aromatic carboxylic acids is 1. The lowest BCUT2D eigenvalue weighted by molar-refractivity contribution is 0.0599. The zero-order chi connectivity index (χ0) is 16.3. The van der Waals surface area contributed by atoms with E-state index in [0.29, 0.717) is 11.1 Å². The third-order valence-electron chi connectivity index (χ3n) is 3.08. The van der Waals surface area contributed by atoms with Crippen LogP contribution in [-0.2, 0) is 4.74 Å². The maximum atomic E-state index is 13.7. The van der Waals surface area contributed by atoms with Crippen LogP contribution in [0.25, 0.3) is 11.1 Å². The van der Waals surface area contributed by atoms with Crippen LogP contribution >= 0.6 is 0 Å². The molecule has 0 amide bonds. The van der Waals surface area contributed by atoms with Crippen molar-refractivity contribution >= 4 is 11.9 Å². The molecule has 0 heterocycles. The number of halogens is 1. The van der Waals surface area contributed by atoms with Crippen molar-refractivity contribution in [1.82, 2.24) is 0 Å². The molecule has 22 heavy (non-hydrogen) atoms. The molecule has 0 saturated carbocycles. The normalized spacial score (nSPS) is 10.1. The Kier molecular flexibility index (Phi) is 4.41. The maximum absolute atomic E-state index is 13.7. The van der Waals surface area contributed by atoms with Crippen LogP contribution in [0.5, 0.6) is 5.75 Å². The lowest BCUT2D eigenvalue weighted by Gasteiger charge is -2.12. The van der Waals surface area contributed by atoms with E-state index in [1.54, 1.807) is 6.07 Å². The molecule has 6 heteroatoms. The quantitative estimate of drug-likeness (QED) is 0.879. The summed E-state index contributed by atoms with van der Waals surface area (Å²) in [5, 5.41) is 9.18. The zero-order valence-corrected chi connectivity index (χ0v) is 11.9. The number of benzene rings is 2. The van der Waals surface area contributed by atoms with Crippen LogP contribution in [0.15, 0.2) is 36.4 Å². The molecule has 0 fully saturated rings. The van der Waals surface area contributed by atoms with Gasteiger partial charge in [-0.25, -0.2) is 14.0 Å². The molecule has 0 bridgehead atoms. The van der Waals surface area contributed by atoms with Crippen LogP contribution < -0.4 is 4.74 Å². The van der Waals surface area contributed by atoms with Gasteiger partial charge in [0.25, 0.3) is 0 Å². The monoisotopic (exact) mass is 304 g/mol. The van der Waals surface area contributed by atoms with E-state index in [2.05, 4.69) is 4.74 Å². The minimum atomic E-state index is -1.16. The minimum absolute atomic E-state index is 0.0280. The topological polar surface area (TPSA) is 72.8 Å². The van der Waals surface area contributed by atoms with E-state index < -0.39 is 17.8 Å². The molecule has 2 rings (SSSR count). The largest absolute Gasteiger partial charge is 0.495 e. The molecule has 0 aliphatic carbocycles. The van der Waals surface area contributed by atoms with E-state index in [1.165, 1.54) is 38.5 Å². The summed E-state index contributed by atoms with van der Waals surface area (Å²) in [5.41, 5.74) is 0.663. The summed E-state index contributed by atoms with van der Waals surface area (Å²) in [7, 11) is 2.52. The van der Waals surface area contributed by atoms with Gasteiger partial charge in [-0.1, -0.05) is 12.1 Å². The van der Waals surface area contributed by atoms with Gasteiger partial charge in [-0.05, 0) is 29.8 Å². The molecule has 0 aliphatic rings. The van der Waals surface area contributed by atoms with Crippen LogP contribution in [0.4, 0.5) is 4.39 Å². The van der Waals surface area contributed by atoms with E-state index in [0.717, 1.165) is 6.07 Å². The Morgan fingerprint density at radius 1 is 1.14 bits per heavy atom. The zero-order valence-electron chi connectivity index (χ0n) is 11.9. The summed E-state index contributed by atoms with van der Waals surface area (Å²) in [6, 6.07) is 8.13. The van der Waals surface area contributed by atoms with Gasteiger partial charge in [0.2, 0.25) is 0 Å². The number of ether oxygens (including phenoxy) is 2. The summed E-state index contributed by atoms with van der Waals surface area (Å²) in [5.74, 6) is -2.39. The molecular formula is C16H13FO5. The molecular weight excluding hydrogens is 291 g/mol. The molecule has 5 nitrogen and oxygen atoms in total. The number of carbonyl (C=O) groups is 2. The number of hydrogen-bond acceptors (Lipinski definition) is 4. The summed E-state index contributed by atoms with van der Waals surface area (Å²) in [4.78, 5) is 22.8. The van der Waals surface area contributed by atoms with Crippen molar-refractivity contribution in [2.45, 2.75) is 0 Å². The number of carboxylic acids is 1. The first-order chi connectivity index (χ1) is 10.5. The predicted molar refractivity (Wildman–Crippen MR) is 76.7 cm³/mol.